The van der Waals surface area contributed by atoms with Crippen molar-refractivity contribution in [2.24, 2.45) is 5.92 Å². The first kappa shape index (κ1) is 15.9. The molecule has 3 rings (SSSR count). The van der Waals surface area contributed by atoms with Gasteiger partial charge in [-0.05, 0) is 40.6 Å². The van der Waals surface area contributed by atoms with E-state index < -0.39 is 0 Å². The monoisotopic (exact) mass is 350 g/mol. The predicted molar refractivity (Wildman–Crippen MR) is 86.6 cm³/mol. The molecule has 2 heterocycles. The molecular formula is C14H15ClN6OS. The summed E-state index contributed by atoms with van der Waals surface area (Å²) >= 11 is 7.35. The van der Waals surface area contributed by atoms with E-state index in [1.165, 1.54) is 11.8 Å². The van der Waals surface area contributed by atoms with Gasteiger partial charge < -0.3 is 4.52 Å². The number of halogens is 1. The standard InChI is InChI=1S/C14H15ClN6OS/c1-9(2)7-13-16-12(18-22-13)8-23-14-17-19-20-21(14)11-5-3-10(15)4-6-11/h3-6,9H,7-8H2,1-2H3. The Morgan fingerprint density at radius 1 is 1.26 bits per heavy atom. The van der Waals surface area contributed by atoms with Crippen molar-refractivity contribution in [2.75, 3.05) is 0 Å². The van der Waals surface area contributed by atoms with Crippen LogP contribution in [-0.4, -0.2) is 30.3 Å². The van der Waals surface area contributed by atoms with Gasteiger partial charge in [-0.2, -0.15) is 9.67 Å². The molecule has 0 atom stereocenters. The second-order valence-corrected chi connectivity index (χ2v) is 6.72. The molecule has 0 aliphatic rings. The van der Waals surface area contributed by atoms with Gasteiger partial charge in [0.2, 0.25) is 11.0 Å². The van der Waals surface area contributed by atoms with Crippen LogP contribution in [0.15, 0.2) is 33.9 Å². The number of thioether (sulfide) groups is 1. The highest BCUT2D eigenvalue weighted by molar-refractivity contribution is 7.98. The van der Waals surface area contributed by atoms with E-state index in [0.29, 0.717) is 33.6 Å². The van der Waals surface area contributed by atoms with Gasteiger partial charge in [0, 0.05) is 11.4 Å². The summed E-state index contributed by atoms with van der Waals surface area (Å²) in [6.07, 6.45) is 0.778. The fraction of sp³-hybridized carbons (Fsp3) is 0.357. The molecule has 23 heavy (non-hydrogen) atoms. The Kier molecular flexibility index (Phi) is 4.92. The summed E-state index contributed by atoms with van der Waals surface area (Å²) in [5.74, 6) is 2.31. The highest BCUT2D eigenvalue weighted by atomic mass is 35.5. The van der Waals surface area contributed by atoms with Crippen molar-refractivity contribution < 1.29 is 4.52 Å². The third kappa shape index (κ3) is 4.08. The molecule has 0 aliphatic heterocycles. The predicted octanol–water partition coefficient (Wildman–Crippen LogP) is 3.19. The maximum atomic E-state index is 5.90. The first-order valence-electron chi connectivity index (χ1n) is 7.10. The van der Waals surface area contributed by atoms with Crippen LogP contribution in [0.1, 0.15) is 25.6 Å². The van der Waals surface area contributed by atoms with E-state index in [9.17, 15) is 0 Å². The largest absolute Gasteiger partial charge is 0.339 e. The van der Waals surface area contributed by atoms with Gasteiger partial charge in [-0.1, -0.05) is 42.4 Å². The molecule has 0 N–H and O–H groups in total. The van der Waals surface area contributed by atoms with E-state index in [1.807, 2.05) is 12.1 Å². The minimum atomic E-state index is 0.480. The molecule has 0 saturated heterocycles. The van der Waals surface area contributed by atoms with Gasteiger partial charge in [0.15, 0.2) is 5.82 Å². The van der Waals surface area contributed by atoms with E-state index in [4.69, 9.17) is 16.1 Å². The van der Waals surface area contributed by atoms with Crippen molar-refractivity contribution in [3.63, 3.8) is 0 Å². The first-order chi connectivity index (χ1) is 11.1. The van der Waals surface area contributed by atoms with Crippen LogP contribution < -0.4 is 0 Å². The summed E-state index contributed by atoms with van der Waals surface area (Å²) < 4.78 is 6.87. The van der Waals surface area contributed by atoms with Crippen molar-refractivity contribution in [3.05, 3.63) is 41.0 Å². The van der Waals surface area contributed by atoms with Gasteiger partial charge in [-0.25, -0.2) is 0 Å². The Labute approximate surface area is 142 Å². The minimum Gasteiger partial charge on any atom is -0.339 e. The maximum absolute atomic E-state index is 5.90. The third-order valence-corrected chi connectivity index (χ3v) is 4.10. The fourth-order valence-corrected chi connectivity index (χ4v) is 2.78. The second kappa shape index (κ2) is 7.10. The molecule has 0 bridgehead atoms. The normalized spacial score (nSPS) is 11.3. The van der Waals surface area contributed by atoms with E-state index in [1.54, 1.807) is 16.8 Å². The van der Waals surface area contributed by atoms with Crippen molar-refractivity contribution >= 4 is 23.4 Å². The van der Waals surface area contributed by atoms with Crippen LogP contribution in [0.4, 0.5) is 0 Å². The van der Waals surface area contributed by atoms with Crippen molar-refractivity contribution in [1.29, 1.82) is 0 Å². The summed E-state index contributed by atoms with van der Waals surface area (Å²) in [5, 5.41) is 17.1. The van der Waals surface area contributed by atoms with E-state index in [2.05, 4.69) is 39.5 Å². The molecule has 0 saturated carbocycles. The molecule has 1 aromatic carbocycles. The third-order valence-electron chi connectivity index (χ3n) is 2.94. The molecule has 2 aromatic heterocycles. The summed E-state index contributed by atoms with van der Waals surface area (Å²) in [4.78, 5) is 4.37. The number of aromatic nitrogens is 6. The fourth-order valence-electron chi connectivity index (χ4n) is 1.92. The van der Waals surface area contributed by atoms with Gasteiger partial charge in [-0.3, -0.25) is 0 Å². The molecule has 0 amide bonds. The number of tetrazole rings is 1. The van der Waals surface area contributed by atoms with Crippen molar-refractivity contribution in [1.82, 2.24) is 30.3 Å². The van der Waals surface area contributed by atoms with Crippen LogP contribution in [0, 0.1) is 5.92 Å². The summed E-state index contributed by atoms with van der Waals surface area (Å²) in [5.41, 5.74) is 0.843. The zero-order valence-corrected chi connectivity index (χ0v) is 14.3. The lowest BCUT2D eigenvalue weighted by atomic mass is 10.1. The van der Waals surface area contributed by atoms with Gasteiger partial charge in [0.1, 0.15) is 0 Å². The van der Waals surface area contributed by atoms with Crippen molar-refractivity contribution in [3.8, 4) is 5.69 Å². The first-order valence-corrected chi connectivity index (χ1v) is 8.47. The Morgan fingerprint density at radius 3 is 2.78 bits per heavy atom. The molecule has 0 radical (unpaired) electrons. The Hall–Kier alpha value is -1.93. The topological polar surface area (TPSA) is 82.5 Å². The van der Waals surface area contributed by atoms with Gasteiger partial charge in [-0.15, -0.1) is 5.10 Å². The van der Waals surface area contributed by atoms with Crippen LogP contribution in [-0.2, 0) is 12.2 Å². The summed E-state index contributed by atoms with van der Waals surface area (Å²) in [7, 11) is 0. The Balaban J connectivity index is 1.68. The Morgan fingerprint density at radius 2 is 2.04 bits per heavy atom. The minimum absolute atomic E-state index is 0.480. The number of rotatable bonds is 6. The number of hydrogen-bond acceptors (Lipinski definition) is 7. The molecule has 0 aliphatic carbocycles. The number of benzene rings is 1. The number of nitrogens with zero attached hydrogens (tertiary/aromatic N) is 6. The van der Waals surface area contributed by atoms with Crippen LogP contribution in [0.3, 0.4) is 0 Å². The zero-order chi connectivity index (χ0) is 16.2. The molecule has 7 nitrogen and oxygen atoms in total. The van der Waals surface area contributed by atoms with E-state index in [-0.39, 0.29) is 0 Å². The molecule has 0 spiro atoms. The van der Waals surface area contributed by atoms with Crippen LogP contribution in [0.5, 0.6) is 0 Å². The Bertz CT molecular complexity index is 770. The highest BCUT2D eigenvalue weighted by Crippen LogP contribution is 2.22. The molecule has 120 valence electrons. The van der Waals surface area contributed by atoms with E-state index >= 15 is 0 Å². The zero-order valence-electron chi connectivity index (χ0n) is 12.7. The van der Waals surface area contributed by atoms with Crippen LogP contribution in [0.25, 0.3) is 5.69 Å². The lowest BCUT2D eigenvalue weighted by Crippen LogP contribution is -1.99. The summed E-state index contributed by atoms with van der Waals surface area (Å²) in [6.45, 7) is 4.22. The van der Waals surface area contributed by atoms with E-state index in [0.717, 1.165) is 12.1 Å². The van der Waals surface area contributed by atoms with Gasteiger partial charge >= 0.3 is 0 Å². The molecule has 0 fully saturated rings. The molecular weight excluding hydrogens is 336 g/mol. The lowest BCUT2D eigenvalue weighted by Gasteiger charge is -2.02. The highest BCUT2D eigenvalue weighted by Gasteiger charge is 2.13. The van der Waals surface area contributed by atoms with Crippen molar-refractivity contribution in [2.45, 2.75) is 31.2 Å². The van der Waals surface area contributed by atoms with Crippen LogP contribution in [0.2, 0.25) is 5.02 Å². The summed E-state index contributed by atoms with van der Waals surface area (Å²) in [6, 6.07) is 7.31. The molecule has 3 aromatic rings. The molecule has 0 unspecified atom stereocenters. The maximum Gasteiger partial charge on any atom is 0.226 e. The lowest BCUT2D eigenvalue weighted by molar-refractivity contribution is 0.360. The second-order valence-electron chi connectivity index (χ2n) is 5.34. The average molecular weight is 351 g/mol. The molecule has 9 heteroatoms. The smallest absolute Gasteiger partial charge is 0.226 e. The quantitative estimate of drug-likeness (QED) is 0.631. The van der Waals surface area contributed by atoms with Crippen LogP contribution >= 0.6 is 23.4 Å². The van der Waals surface area contributed by atoms with Gasteiger partial charge in [0.05, 0.1) is 11.4 Å². The average Bonchev–Trinajstić information content (AvgIpc) is 3.14. The number of hydrogen-bond donors (Lipinski definition) is 0. The SMILES string of the molecule is CC(C)Cc1nc(CSc2nnnn2-c2ccc(Cl)cc2)no1. The van der Waals surface area contributed by atoms with Gasteiger partial charge in [0.25, 0.3) is 0 Å².